The lowest BCUT2D eigenvalue weighted by atomic mass is 9.83. The number of rotatable bonds is 4. The molecular weight excluding hydrogens is 210 g/mol. The van der Waals surface area contributed by atoms with E-state index in [-0.39, 0.29) is 0 Å². The van der Waals surface area contributed by atoms with E-state index in [1.807, 2.05) is 6.20 Å². The van der Waals surface area contributed by atoms with Crippen LogP contribution in [0.25, 0.3) is 0 Å². The molecule has 2 saturated carbocycles. The average molecular weight is 231 g/mol. The van der Waals surface area contributed by atoms with E-state index in [1.54, 1.807) is 6.20 Å². The summed E-state index contributed by atoms with van der Waals surface area (Å²) in [6.07, 6.45) is 10.9. The molecule has 4 unspecified atom stereocenters. The maximum Gasteiger partial charge on any atom is 0.0544 e. The first-order chi connectivity index (χ1) is 8.36. The molecule has 1 aromatic rings. The van der Waals surface area contributed by atoms with Crippen molar-refractivity contribution in [3.05, 3.63) is 24.0 Å². The number of hydrogen-bond acceptors (Lipinski definition) is 3. The van der Waals surface area contributed by atoms with Crippen molar-refractivity contribution in [2.45, 2.75) is 38.1 Å². The van der Waals surface area contributed by atoms with E-state index in [0.717, 1.165) is 17.8 Å². The zero-order valence-electron chi connectivity index (χ0n) is 10.5. The van der Waals surface area contributed by atoms with Crippen LogP contribution in [0.1, 0.15) is 43.7 Å². The molecule has 1 heterocycles. The van der Waals surface area contributed by atoms with Gasteiger partial charge in [-0.25, -0.2) is 0 Å². The topological polar surface area (TPSA) is 37.8 Å². The van der Waals surface area contributed by atoms with Crippen molar-refractivity contribution in [2.75, 3.05) is 7.05 Å². The molecule has 1 aromatic heterocycles. The standard InChI is InChI=1S/C14H21N3/c1-15-14(12-4-5-16-17-9-12)8-13-7-10-2-3-11(13)6-10/h4-5,9-11,13-15H,2-3,6-8H2,1H3. The molecule has 0 aromatic carbocycles. The predicted molar refractivity (Wildman–Crippen MR) is 67.4 cm³/mol. The number of fused-ring (bicyclic) bond motifs is 2. The van der Waals surface area contributed by atoms with Gasteiger partial charge in [0.25, 0.3) is 0 Å². The van der Waals surface area contributed by atoms with E-state index in [4.69, 9.17) is 0 Å². The molecule has 3 nitrogen and oxygen atoms in total. The van der Waals surface area contributed by atoms with Crippen molar-refractivity contribution >= 4 is 0 Å². The minimum Gasteiger partial charge on any atom is -0.313 e. The molecule has 2 bridgehead atoms. The Hall–Kier alpha value is -0.960. The second-order valence-corrected chi connectivity index (χ2v) is 5.69. The Balaban J connectivity index is 1.67. The van der Waals surface area contributed by atoms with Crippen LogP contribution in [0.2, 0.25) is 0 Å². The highest BCUT2D eigenvalue weighted by Crippen LogP contribution is 2.50. The number of aromatic nitrogens is 2. The summed E-state index contributed by atoms with van der Waals surface area (Å²) >= 11 is 0. The molecule has 0 radical (unpaired) electrons. The lowest BCUT2D eigenvalue weighted by Crippen LogP contribution is -2.22. The van der Waals surface area contributed by atoms with Crippen molar-refractivity contribution in [1.82, 2.24) is 15.5 Å². The maximum absolute atomic E-state index is 3.99. The van der Waals surface area contributed by atoms with Gasteiger partial charge >= 0.3 is 0 Å². The van der Waals surface area contributed by atoms with Gasteiger partial charge in [0.15, 0.2) is 0 Å². The molecule has 2 aliphatic rings. The zero-order valence-corrected chi connectivity index (χ0v) is 10.5. The van der Waals surface area contributed by atoms with E-state index in [0.29, 0.717) is 6.04 Å². The molecular formula is C14H21N3. The van der Waals surface area contributed by atoms with Gasteiger partial charge in [-0.05, 0) is 62.1 Å². The predicted octanol–water partition coefficient (Wildman–Crippen LogP) is 2.56. The minimum absolute atomic E-state index is 0.454. The van der Waals surface area contributed by atoms with Crippen LogP contribution >= 0.6 is 0 Å². The molecule has 1 N–H and O–H groups in total. The number of nitrogens with one attached hydrogen (secondary N) is 1. The molecule has 2 fully saturated rings. The monoisotopic (exact) mass is 231 g/mol. The summed E-state index contributed by atoms with van der Waals surface area (Å²) in [5.41, 5.74) is 1.28. The highest BCUT2D eigenvalue weighted by Gasteiger charge is 2.40. The Bertz CT molecular complexity index is 365. The van der Waals surface area contributed by atoms with Gasteiger partial charge in [0.1, 0.15) is 0 Å². The van der Waals surface area contributed by atoms with E-state index < -0.39 is 0 Å². The van der Waals surface area contributed by atoms with Crippen LogP contribution in [0, 0.1) is 17.8 Å². The first kappa shape index (κ1) is 11.1. The molecule has 0 saturated heterocycles. The third kappa shape index (κ3) is 2.21. The number of nitrogens with zero attached hydrogens (tertiary/aromatic N) is 2. The lowest BCUT2D eigenvalue weighted by Gasteiger charge is -2.26. The molecule has 3 heteroatoms. The minimum atomic E-state index is 0.454. The van der Waals surface area contributed by atoms with Crippen LogP contribution in [0.15, 0.2) is 18.5 Å². The summed E-state index contributed by atoms with van der Waals surface area (Å²) in [4.78, 5) is 0. The Kier molecular flexibility index (Phi) is 3.10. The van der Waals surface area contributed by atoms with E-state index >= 15 is 0 Å². The molecule has 17 heavy (non-hydrogen) atoms. The van der Waals surface area contributed by atoms with Crippen LogP contribution in [-0.4, -0.2) is 17.2 Å². The average Bonchev–Trinajstić information content (AvgIpc) is 2.99. The van der Waals surface area contributed by atoms with Crippen LogP contribution in [0.4, 0.5) is 0 Å². The molecule has 0 amide bonds. The quantitative estimate of drug-likeness (QED) is 0.865. The molecule has 92 valence electrons. The highest BCUT2D eigenvalue weighted by molar-refractivity contribution is 5.12. The number of hydrogen-bond donors (Lipinski definition) is 1. The lowest BCUT2D eigenvalue weighted by molar-refractivity contribution is 0.284. The second-order valence-electron chi connectivity index (χ2n) is 5.69. The first-order valence-electron chi connectivity index (χ1n) is 6.80. The smallest absolute Gasteiger partial charge is 0.0544 e. The van der Waals surface area contributed by atoms with Crippen LogP contribution in [0.5, 0.6) is 0 Å². The fourth-order valence-corrected chi connectivity index (χ4v) is 3.90. The van der Waals surface area contributed by atoms with Crippen LogP contribution in [0.3, 0.4) is 0 Å². The molecule has 3 rings (SSSR count). The Morgan fingerprint density at radius 1 is 1.35 bits per heavy atom. The fraction of sp³-hybridized carbons (Fsp3) is 0.714. The van der Waals surface area contributed by atoms with Gasteiger partial charge < -0.3 is 5.32 Å². The van der Waals surface area contributed by atoms with Gasteiger partial charge in [-0.15, -0.1) is 0 Å². The summed E-state index contributed by atoms with van der Waals surface area (Å²) in [5.74, 6) is 2.98. The third-order valence-corrected chi connectivity index (χ3v) is 4.78. The third-order valence-electron chi connectivity index (χ3n) is 4.78. The Labute approximate surface area is 103 Å². The summed E-state index contributed by atoms with van der Waals surface area (Å²) in [7, 11) is 2.05. The Morgan fingerprint density at radius 3 is 2.88 bits per heavy atom. The van der Waals surface area contributed by atoms with Gasteiger partial charge in [0, 0.05) is 12.2 Å². The summed E-state index contributed by atoms with van der Waals surface area (Å²) in [5, 5.41) is 11.3. The fourth-order valence-electron chi connectivity index (χ4n) is 3.90. The van der Waals surface area contributed by atoms with Crippen molar-refractivity contribution in [3.8, 4) is 0 Å². The first-order valence-corrected chi connectivity index (χ1v) is 6.80. The summed E-state index contributed by atoms with van der Waals surface area (Å²) < 4.78 is 0. The van der Waals surface area contributed by atoms with Gasteiger partial charge in [-0.3, -0.25) is 0 Å². The molecule has 0 spiro atoms. The maximum atomic E-state index is 3.99. The second kappa shape index (κ2) is 4.73. The van der Waals surface area contributed by atoms with Crippen molar-refractivity contribution in [3.63, 3.8) is 0 Å². The molecule has 2 aliphatic carbocycles. The summed E-state index contributed by atoms with van der Waals surface area (Å²) in [6.45, 7) is 0. The summed E-state index contributed by atoms with van der Waals surface area (Å²) in [6, 6.07) is 2.54. The van der Waals surface area contributed by atoms with E-state index in [1.165, 1.54) is 37.7 Å². The van der Waals surface area contributed by atoms with Gasteiger partial charge in [0.05, 0.1) is 6.20 Å². The molecule has 4 atom stereocenters. The van der Waals surface area contributed by atoms with Crippen molar-refractivity contribution in [1.29, 1.82) is 0 Å². The highest BCUT2D eigenvalue weighted by atomic mass is 15.1. The van der Waals surface area contributed by atoms with Crippen LogP contribution < -0.4 is 5.32 Å². The van der Waals surface area contributed by atoms with Crippen molar-refractivity contribution < 1.29 is 0 Å². The Morgan fingerprint density at radius 2 is 2.29 bits per heavy atom. The van der Waals surface area contributed by atoms with Gasteiger partial charge in [0.2, 0.25) is 0 Å². The normalized spacial score (nSPS) is 32.9. The van der Waals surface area contributed by atoms with Gasteiger partial charge in [-0.2, -0.15) is 10.2 Å². The SMILES string of the molecule is CNC(CC1CC2CCC1C2)c1ccnnc1. The van der Waals surface area contributed by atoms with E-state index in [9.17, 15) is 0 Å². The van der Waals surface area contributed by atoms with Crippen molar-refractivity contribution in [2.24, 2.45) is 17.8 Å². The largest absolute Gasteiger partial charge is 0.313 e. The van der Waals surface area contributed by atoms with Crippen LogP contribution in [-0.2, 0) is 0 Å². The van der Waals surface area contributed by atoms with E-state index in [2.05, 4.69) is 28.6 Å². The molecule has 0 aliphatic heterocycles. The van der Waals surface area contributed by atoms with Gasteiger partial charge in [-0.1, -0.05) is 6.42 Å². The zero-order chi connectivity index (χ0) is 11.7.